The van der Waals surface area contributed by atoms with Gasteiger partial charge in [0, 0.05) is 5.92 Å². The fourth-order valence-electron chi connectivity index (χ4n) is 1.15. The molecule has 14 heavy (non-hydrogen) atoms. The number of hydrogen-bond acceptors (Lipinski definition) is 4. The molecule has 0 aromatic rings. The summed E-state index contributed by atoms with van der Waals surface area (Å²) < 4.78 is 4.77. The molecule has 0 aromatic heterocycles. The second-order valence-corrected chi connectivity index (χ2v) is 3.63. The predicted octanol–water partition coefficient (Wildman–Crippen LogP) is 0.563. The van der Waals surface area contributed by atoms with Gasteiger partial charge in [0.05, 0.1) is 24.7 Å². The summed E-state index contributed by atoms with van der Waals surface area (Å²) in [6, 6.07) is 0. The molecule has 0 amide bonds. The lowest BCUT2D eigenvalue weighted by Crippen LogP contribution is -2.37. The maximum atomic E-state index is 11.2. The van der Waals surface area contributed by atoms with Gasteiger partial charge in [-0.2, -0.15) is 0 Å². The van der Waals surface area contributed by atoms with E-state index in [1.54, 1.807) is 27.7 Å². The van der Waals surface area contributed by atoms with Gasteiger partial charge < -0.3 is 14.9 Å². The van der Waals surface area contributed by atoms with E-state index in [0.717, 1.165) is 0 Å². The molecule has 0 unspecified atom stereocenters. The van der Waals surface area contributed by atoms with Gasteiger partial charge in [-0.25, -0.2) is 0 Å². The lowest BCUT2D eigenvalue weighted by Gasteiger charge is -2.25. The highest BCUT2D eigenvalue weighted by molar-refractivity contribution is 5.72. The third-order valence-electron chi connectivity index (χ3n) is 2.47. The summed E-state index contributed by atoms with van der Waals surface area (Å²) >= 11 is 0. The zero-order chi connectivity index (χ0) is 11.3. The molecule has 0 heterocycles. The van der Waals surface area contributed by atoms with Crippen LogP contribution in [-0.2, 0) is 9.53 Å². The Morgan fingerprint density at radius 2 is 1.79 bits per heavy atom. The molecule has 4 nitrogen and oxygen atoms in total. The van der Waals surface area contributed by atoms with E-state index >= 15 is 0 Å². The fourth-order valence-corrected chi connectivity index (χ4v) is 1.15. The minimum atomic E-state index is -0.867. The van der Waals surface area contributed by atoms with Crippen molar-refractivity contribution in [2.75, 3.05) is 6.61 Å². The highest BCUT2D eigenvalue weighted by Gasteiger charge is 2.29. The van der Waals surface area contributed by atoms with Crippen LogP contribution in [0.5, 0.6) is 0 Å². The molecule has 0 aliphatic heterocycles. The third kappa shape index (κ3) is 3.64. The van der Waals surface area contributed by atoms with Crippen LogP contribution >= 0.6 is 0 Å². The van der Waals surface area contributed by atoms with Crippen molar-refractivity contribution >= 4 is 5.97 Å². The largest absolute Gasteiger partial charge is 0.466 e. The van der Waals surface area contributed by atoms with Gasteiger partial charge in [-0.1, -0.05) is 6.92 Å². The first-order chi connectivity index (χ1) is 6.41. The number of rotatable bonds is 5. The molecule has 4 heteroatoms. The summed E-state index contributed by atoms with van der Waals surface area (Å²) in [6.07, 6.45) is -1.50. The van der Waals surface area contributed by atoms with Crippen LogP contribution in [0.3, 0.4) is 0 Å². The number of carbonyl (C=O) groups is 1. The SMILES string of the molecule is CCOC(=O)[C@@H](C)[C@H](O)[C@@H](C)[C@H](C)O. The molecular weight excluding hydrogens is 184 g/mol. The monoisotopic (exact) mass is 204 g/mol. The van der Waals surface area contributed by atoms with Crippen molar-refractivity contribution in [2.45, 2.75) is 39.9 Å². The molecule has 0 aliphatic carbocycles. The van der Waals surface area contributed by atoms with E-state index in [0.29, 0.717) is 6.61 Å². The van der Waals surface area contributed by atoms with Crippen molar-refractivity contribution in [3.8, 4) is 0 Å². The van der Waals surface area contributed by atoms with E-state index in [4.69, 9.17) is 4.74 Å². The number of hydrogen-bond donors (Lipinski definition) is 2. The van der Waals surface area contributed by atoms with Crippen molar-refractivity contribution in [1.82, 2.24) is 0 Å². The number of esters is 1. The highest BCUT2D eigenvalue weighted by Crippen LogP contribution is 2.17. The number of aliphatic hydroxyl groups is 2. The molecule has 84 valence electrons. The molecule has 0 aromatic carbocycles. The summed E-state index contributed by atoms with van der Waals surface area (Å²) in [4.78, 5) is 11.2. The Morgan fingerprint density at radius 3 is 2.14 bits per heavy atom. The molecule has 0 saturated heterocycles. The summed E-state index contributed by atoms with van der Waals surface area (Å²) in [5.74, 6) is -1.36. The van der Waals surface area contributed by atoms with Gasteiger partial charge in [0.2, 0.25) is 0 Å². The van der Waals surface area contributed by atoms with Crippen molar-refractivity contribution in [1.29, 1.82) is 0 Å². The predicted molar refractivity (Wildman–Crippen MR) is 52.6 cm³/mol. The quantitative estimate of drug-likeness (QED) is 0.642. The Morgan fingerprint density at radius 1 is 1.29 bits per heavy atom. The number of ether oxygens (including phenoxy) is 1. The zero-order valence-electron chi connectivity index (χ0n) is 9.23. The Hall–Kier alpha value is -0.610. The molecule has 0 spiro atoms. The Balaban J connectivity index is 4.23. The first kappa shape index (κ1) is 13.4. The molecule has 0 fully saturated rings. The van der Waals surface area contributed by atoms with Gasteiger partial charge in [0.15, 0.2) is 0 Å². The number of aliphatic hydroxyl groups excluding tert-OH is 2. The van der Waals surface area contributed by atoms with Gasteiger partial charge in [0.25, 0.3) is 0 Å². The average Bonchev–Trinajstić information content (AvgIpc) is 2.14. The molecule has 0 rings (SSSR count). The van der Waals surface area contributed by atoms with Crippen LogP contribution in [0.25, 0.3) is 0 Å². The Labute approximate surface area is 84.9 Å². The van der Waals surface area contributed by atoms with Gasteiger partial charge in [-0.05, 0) is 20.8 Å². The van der Waals surface area contributed by atoms with E-state index < -0.39 is 24.1 Å². The van der Waals surface area contributed by atoms with Gasteiger partial charge in [-0.15, -0.1) is 0 Å². The first-order valence-corrected chi connectivity index (χ1v) is 4.94. The summed E-state index contributed by atoms with van der Waals surface area (Å²) in [6.45, 7) is 6.91. The summed E-state index contributed by atoms with van der Waals surface area (Å²) in [7, 11) is 0. The van der Waals surface area contributed by atoms with E-state index in [2.05, 4.69) is 0 Å². The minimum absolute atomic E-state index is 0.305. The molecule has 0 bridgehead atoms. The minimum Gasteiger partial charge on any atom is -0.466 e. The maximum Gasteiger partial charge on any atom is 0.311 e. The van der Waals surface area contributed by atoms with Crippen molar-refractivity contribution in [2.24, 2.45) is 11.8 Å². The van der Waals surface area contributed by atoms with Gasteiger partial charge in [-0.3, -0.25) is 4.79 Å². The lowest BCUT2D eigenvalue weighted by molar-refractivity contribution is -0.153. The highest BCUT2D eigenvalue weighted by atomic mass is 16.5. The van der Waals surface area contributed by atoms with Crippen LogP contribution in [0.15, 0.2) is 0 Å². The molecular formula is C10H20O4. The average molecular weight is 204 g/mol. The van der Waals surface area contributed by atoms with Crippen LogP contribution in [0.1, 0.15) is 27.7 Å². The topological polar surface area (TPSA) is 66.8 Å². The zero-order valence-corrected chi connectivity index (χ0v) is 9.23. The smallest absolute Gasteiger partial charge is 0.311 e. The third-order valence-corrected chi connectivity index (χ3v) is 2.47. The van der Waals surface area contributed by atoms with Crippen LogP contribution in [-0.4, -0.2) is 35.0 Å². The van der Waals surface area contributed by atoms with Crippen molar-refractivity contribution in [3.63, 3.8) is 0 Å². The molecule has 4 atom stereocenters. The Kier molecular flexibility index (Phi) is 5.72. The van der Waals surface area contributed by atoms with E-state index in [9.17, 15) is 15.0 Å². The van der Waals surface area contributed by atoms with Gasteiger partial charge in [0.1, 0.15) is 0 Å². The van der Waals surface area contributed by atoms with E-state index in [1.165, 1.54) is 0 Å². The van der Waals surface area contributed by atoms with E-state index in [-0.39, 0.29) is 5.92 Å². The lowest BCUT2D eigenvalue weighted by atomic mass is 9.90. The second-order valence-electron chi connectivity index (χ2n) is 3.63. The Bertz CT molecular complexity index is 179. The molecule has 0 radical (unpaired) electrons. The second kappa shape index (κ2) is 5.98. The fraction of sp³-hybridized carbons (Fsp3) is 0.900. The van der Waals surface area contributed by atoms with Crippen LogP contribution in [0, 0.1) is 11.8 Å². The van der Waals surface area contributed by atoms with E-state index in [1.807, 2.05) is 0 Å². The van der Waals surface area contributed by atoms with Crippen molar-refractivity contribution < 1.29 is 19.7 Å². The van der Waals surface area contributed by atoms with Crippen LogP contribution < -0.4 is 0 Å². The number of carbonyl (C=O) groups excluding carboxylic acids is 1. The van der Waals surface area contributed by atoms with Crippen LogP contribution in [0.4, 0.5) is 0 Å². The molecule has 0 saturated carbocycles. The van der Waals surface area contributed by atoms with Crippen LogP contribution in [0.2, 0.25) is 0 Å². The summed E-state index contributed by atoms with van der Waals surface area (Å²) in [5.41, 5.74) is 0. The maximum absolute atomic E-state index is 11.2. The van der Waals surface area contributed by atoms with Crippen molar-refractivity contribution in [3.05, 3.63) is 0 Å². The normalized spacial score (nSPS) is 19.6. The molecule has 0 aliphatic rings. The standard InChI is InChI=1S/C10H20O4/c1-5-14-10(13)7(3)9(12)6(2)8(4)11/h6-9,11-12H,5H2,1-4H3/t6-,7-,8-,9+/m0/s1. The van der Waals surface area contributed by atoms with Gasteiger partial charge >= 0.3 is 5.97 Å². The first-order valence-electron chi connectivity index (χ1n) is 4.94. The summed E-state index contributed by atoms with van der Waals surface area (Å²) in [5, 5.41) is 18.9. The molecule has 2 N–H and O–H groups in total.